The summed E-state index contributed by atoms with van der Waals surface area (Å²) >= 11 is 0. The van der Waals surface area contributed by atoms with Gasteiger partial charge in [-0.3, -0.25) is 4.79 Å². The molecule has 2 aliphatic rings. The molecule has 0 aromatic heterocycles. The number of nitrogens with zero attached hydrogens (tertiary/aromatic N) is 2. The first-order valence-corrected chi connectivity index (χ1v) is 10.9. The molecule has 0 spiro atoms. The molecule has 1 amide bonds. The highest BCUT2D eigenvalue weighted by Gasteiger charge is 2.28. The van der Waals surface area contributed by atoms with Gasteiger partial charge in [-0.15, -0.1) is 0 Å². The summed E-state index contributed by atoms with van der Waals surface area (Å²) in [5, 5.41) is 3.15. The van der Waals surface area contributed by atoms with Gasteiger partial charge in [0.25, 0.3) is 5.91 Å². The monoisotopic (exact) mass is 429 g/mol. The van der Waals surface area contributed by atoms with E-state index in [1.54, 1.807) is 18.2 Å². The number of nitrogens with one attached hydrogen (secondary N) is 1. The highest BCUT2D eigenvalue weighted by molar-refractivity contribution is 5.95. The van der Waals surface area contributed by atoms with Crippen LogP contribution in [0.1, 0.15) is 27.5 Å². The van der Waals surface area contributed by atoms with Crippen molar-refractivity contribution in [1.29, 1.82) is 0 Å². The Bertz CT molecular complexity index is 1130. The molecule has 2 aliphatic heterocycles. The van der Waals surface area contributed by atoms with E-state index >= 15 is 0 Å². The third kappa shape index (κ3) is 3.84. The Hall–Kier alpha value is -3.67. The number of anilines is 2. The van der Waals surface area contributed by atoms with Crippen LogP contribution in [0, 0.1) is 0 Å². The van der Waals surface area contributed by atoms with E-state index in [4.69, 9.17) is 9.47 Å². The van der Waals surface area contributed by atoms with Gasteiger partial charge in [0.1, 0.15) is 0 Å². The maximum Gasteiger partial charge on any atom is 0.251 e. The fraction of sp³-hybridized carbons (Fsp3) is 0.269. The number of para-hydroxylation sites is 1. The van der Waals surface area contributed by atoms with Gasteiger partial charge in [0.2, 0.25) is 6.79 Å². The van der Waals surface area contributed by atoms with Crippen LogP contribution in [0.25, 0.3) is 0 Å². The summed E-state index contributed by atoms with van der Waals surface area (Å²) in [6, 6.07) is 22.4. The van der Waals surface area contributed by atoms with E-state index in [1.807, 2.05) is 14.1 Å². The predicted molar refractivity (Wildman–Crippen MR) is 126 cm³/mol. The molecule has 0 bridgehead atoms. The molecular weight excluding hydrogens is 402 g/mol. The average Bonchev–Trinajstić information content (AvgIpc) is 3.46. The Balaban J connectivity index is 1.39. The summed E-state index contributed by atoms with van der Waals surface area (Å²) in [7, 11) is 4.07. The minimum atomic E-state index is -0.120. The summed E-state index contributed by atoms with van der Waals surface area (Å²) in [6.45, 7) is 1.63. The van der Waals surface area contributed by atoms with E-state index < -0.39 is 0 Å². The number of ether oxygens (including phenoxy) is 2. The molecule has 0 saturated heterocycles. The standard InChI is InChI=1S/C26H27N3O3/c1-28(2)21-10-7-19(8-11-21)23(29-14-13-18-5-3-4-6-22(18)29)16-27-26(30)20-9-12-24-25(15-20)32-17-31-24/h3-12,15,23H,13-14,16-17H2,1-2H3,(H,27,30)/t23-/m1/s1. The number of benzene rings is 3. The molecule has 2 heterocycles. The van der Waals surface area contributed by atoms with Crippen molar-refractivity contribution >= 4 is 17.3 Å². The van der Waals surface area contributed by atoms with E-state index in [0.29, 0.717) is 23.6 Å². The quantitative estimate of drug-likeness (QED) is 0.642. The van der Waals surface area contributed by atoms with Crippen LogP contribution >= 0.6 is 0 Å². The number of rotatable bonds is 6. The number of carbonyl (C=O) groups is 1. The summed E-state index contributed by atoms with van der Waals surface area (Å²) in [6.07, 6.45) is 1.01. The lowest BCUT2D eigenvalue weighted by molar-refractivity contribution is 0.0950. The first-order chi connectivity index (χ1) is 15.6. The number of carbonyl (C=O) groups excluding carboxylic acids is 1. The van der Waals surface area contributed by atoms with Crippen LogP contribution in [0.15, 0.2) is 66.7 Å². The van der Waals surface area contributed by atoms with Crippen LogP contribution in [0.5, 0.6) is 11.5 Å². The van der Waals surface area contributed by atoms with Crippen LogP contribution in [-0.4, -0.2) is 39.9 Å². The SMILES string of the molecule is CN(C)c1ccc([C@@H](CNC(=O)c2ccc3c(c2)OCO3)N2CCc3ccccc32)cc1. The fourth-order valence-corrected chi connectivity index (χ4v) is 4.42. The maximum atomic E-state index is 13.0. The van der Waals surface area contributed by atoms with Crippen LogP contribution in [-0.2, 0) is 6.42 Å². The van der Waals surface area contributed by atoms with Gasteiger partial charge < -0.3 is 24.6 Å². The summed E-state index contributed by atoms with van der Waals surface area (Å²) < 4.78 is 10.8. The van der Waals surface area contributed by atoms with Crippen molar-refractivity contribution in [2.24, 2.45) is 0 Å². The predicted octanol–water partition coefficient (Wildman–Crippen LogP) is 4.02. The third-order valence-corrected chi connectivity index (χ3v) is 6.18. The van der Waals surface area contributed by atoms with Crippen LogP contribution in [0.2, 0.25) is 0 Å². The number of hydrogen-bond acceptors (Lipinski definition) is 5. The molecule has 6 heteroatoms. The van der Waals surface area contributed by atoms with E-state index in [1.165, 1.54) is 16.8 Å². The lowest BCUT2D eigenvalue weighted by Crippen LogP contribution is -2.37. The molecule has 0 saturated carbocycles. The minimum absolute atomic E-state index is 0.0350. The minimum Gasteiger partial charge on any atom is -0.454 e. The van der Waals surface area contributed by atoms with E-state index in [-0.39, 0.29) is 18.7 Å². The fourth-order valence-electron chi connectivity index (χ4n) is 4.42. The first-order valence-electron chi connectivity index (χ1n) is 10.9. The van der Waals surface area contributed by atoms with Crippen LogP contribution in [0.3, 0.4) is 0 Å². The van der Waals surface area contributed by atoms with Gasteiger partial charge in [-0.2, -0.15) is 0 Å². The van der Waals surface area contributed by atoms with Crippen LogP contribution in [0.4, 0.5) is 11.4 Å². The number of amides is 1. The molecule has 0 fully saturated rings. The lowest BCUT2D eigenvalue weighted by atomic mass is 10.0. The van der Waals surface area contributed by atoms with E-state index in [0.717, 1.165) is 18.7 Å². The Morgan fingerprint density at radius 2 is 1.81 bits per heavy atom. The molecule has 3 aromatic carbocycles. The molecule has 32 heavy (non-hydrogen) atoms. The van der Waals surface area contributed by atoms with Crippen molar-refractivity contribution in [1.82, 2.24) is 5.32 Å². The molecule has 0 radical (unpaired) electrons. The van der Waals surface area contributed by atoms with Gasteiger partial charge in [-0.1, -0.05) is 30.3 Å². The maximum absolute atomic E-state index is 13.0. The molecule has 0 aliphatic carbocycles. The van der Waals surface area contributed by atoms with Crippen molar-refractivity contribution in [3.8, 4) is 11.5 Å². The zero-order valence-electron chi connectivity index (χ0n) is 18.4. The lowest BCUT2D eigenvalue weighted by Gasteiger charge is -2.31. The second kappa shape index (κ2) is 8.46. The van der Waals surface area contributed by atoms with E-state index in [2.05, 4.69) is 63.6 Å². The normalized spacial score (nSPS) is 14.8. The molecule has 0 unspecified atom stereocenters. The molecule has 6 nitrogen and oxygen atoms in total. The van der Waals surface area contributed by atoms with Crippen molar-refractivity contribution < 1.29 is 14.3 Å². The largest absolute Gasteiger partial charge is 0.454 e. The Kier molecular flexibility index (Phi) is 5.35. The second-order valence-electron chi connectivity index (χ2n) is 8.35. The first kappa shape index (κ1) is 20.2. The van der Waals surface area contributed by atoms with Gasteiger partial charge in [0.05, 0.1) is 6.04 Å². The van der Waals surface area contributed by atoms with Crippen molar-refractivity contribution in [3.63, 3.8) is 0 Å². The average molecular weight is 430 g/mol. The number of fused-ring (bicyclic) bond motifs is 2. The summed E-state index contributed by atoms with van der Waals surface area (Å²) in [4.78, 5) is 17.4. The van der Waals surface area contributed by atoms with E-state index in [9.17, 15) is 4.79 Å². The van der Waals surface area contributed by atoms with Gasteiger partial charge in [-0.25, -0.2) is 0 Å². The Morgan fingerprint density at radius 3 is 2.62 bits per heavy atom. The molecule has 3 aromatic rings. The zero-order valence-corrected chi connectivity index (χ0v) is 18.4. The van der Waals surface area contributed by atoms with Gasteiger partial charge in [0, 0.05) is 44.1 Å². The Labute approximate surface area is 188 Å². The highest BCUT2D eigenvalue weighted by atomic mass is 16.7. The topological polar surface area (TPSA) is 54.0 Å². The van der Waals surface area contributed by atoms with Crippen LogP contribution < -0.4 is 24.6 Å². The summed E-state index contributed by atoms with van der Waals surface area (Å²) in [5.41, 5.74) is 5.49. The molecule has 164 valence electrons. The molecular formula is C26H27N3O3. The molecule has 1 atom stereocenters. The second-order valence-corrected chi connectivity index (χ2v) is 8.35. The smallest absolute Gasteiger partial charge is 0.251 e. The highest BCUT2D eigenvalue weighted by Crippen LogP contribution is 2.36. The third-order valence-electron chi connectivity index (χ3n) is 6.18. The van der Waals surface area contributed by atoms with Gasteiger partial charge >= 0.3 is 0 Å². The zero-order chi connectivity index (χ0) is 22.1. The van der Waals surface area contributed by atoms with Crippen molar-refractivity contribution in [2.45, 2.75) is 12.5 Å². The molecule has 5 rings (SSSR count). The van der Waals surface area contributed by atoms with Gasteiger partial charge in [0.15, 0.2) is 11.5 Å². The Morgan fingerprint density at radius 1 is 1.03 bits per heavy atom. The van der Waals surface area contributed by atoms with Crippen molar-refractivity contribution in [2.75, 3.05) is 43.8 Å². The molecule has 1 N–H and O–H groups in total. The van der Waals surface area contributed by atoms with Crippen molar-refractivity contribution in [3.05, 3.63) is 83.4 Å². The van der Waals surface area contributed by atoms with Gasteiger partial charge in [-0.05, 0) is 53.9 Å². The number of hydrogen-bond donors (Lipinski definition) is 1. The summed E-state index contributed by atoms with van der Waals surface area (Å²) in [5.74, 6) is 1.17.